The molecule has 2 aliphatic heterocycles. The van der Waals surface area contributed by atoms with Crippen molar-refractivity contribution in [2.75, 3.05) is 36.4 Å². The number of aromatic nitrogens is 5. The van der Waals surface area contributed by atoms with E-state index in [1.165, 1.54) is 6.08 Å². The van der Waals surface area contributed by atoms with Crippen molar-refractivity contribution in [2.24, 2.45) is 0 Å². The summed E-state index contributed by atoms with van der Waals surface area (Å²) in [7, 11) is 0. The Morgan fingerprint density at radius 2 is 2.00 bits per heavy atom. The van der Waals surface area contributed by atoms with Crippen molar-refractivity contribution >= 4 is 39.2 Å². The lowest BCUT2D eigenvalue weighted by Crippen LogP contribution is -2.56. The molecule has 5 aromatic rings. The summed E-state index contributed by atoms with van der Waals surface area (Å²) in [5.74, 6) is -0.120. The molecule has 0 saturated carbocycles. The van der Waals surface area contributed by atoms with Gasteiger partial charge >= 0.3 is 5.69 Å². The normalized spacial score (nSPS) is 16.4. The highest BCUT2D eigenvalue weighted by Crippen LogP contribution is 2.44. The Balaban J connectivity index is 1.59. The average molecular weight is 607 g/mol. The van der Waals surface area contributed by atoms with Crippen LogP contribution in [0, 0.1) is 19.7 Å². The minimum atomic E-state index is -0.471. The van der Waals surface area contributed by atoms with Crippen molar-refractivity contribution in [1.29, 1.82) is 0 Å². The molecule has 1 atom stereocenters. The standard InChI is InChI=1S/C34H35FN8O2/c1-6-26(44)41-13-14-42-21(17-41)10-12-37-31-28-25(15-22(29(31)35)27-19(4)7-8-24-23(27)16-38-40-24)43(34(45)39-33(28)42)32-20(5)9-11-36-30(32)18(2)3/h6-9,11,15-16,18,21,37H,1,10,12-14,17H2,2-5H3,(H,38,40). The third-order valence-corrected chi connectivity index (χ3v) is 9.15. The lowest BCUT2D eigenvalue weighted by Gasteiger charge is -2.43. The highest BCUT2D eigenvalue weighted by molar-refractivity contribution is 6.07. The van der Waals surface area contributed by atoms with Gasteiger partial charge in [0.25, 0.3) is 0 Å². The van der Waals surface area contributed by atoms with Crippen LogP contribution in [-0.2, 0) is 4.79 Å². The zero-order chi connectivity index (χ0) is 31.6. The number of hydrogen-bond acceptors (Lipinski definition) is 7. The van der Waals surface area contributed by atoms with Crippen LogP contribution in [0.15, 0.2) is 54.1 Å². The topological polar surface area (TPSA) is 112 Å². The van der Waals surface area contributed by atoms with Gasteiger partial charge < -0.3 is 15.1 Å². The van der Waals surface area contributed by atoms with E-state index in [1.807, 2.05) is 45.9 Å². The van der Waals surface area contributed by atoms with Gasteiger partial charge in [-0.3, -0.25) is 19.4 Å². The van der Waals surface area contributed by atoms with Gasteiger partial charge in [0.1, 0.15) is 5.82 Å². The fraction of sp³-hybridized carbons (Fsp3) is 0.324. The number of aromatic amines is 1. The molecule has 1 amide bonds. The van der Waals surface area contributed by atoms with Crippen molar-refractivity contribution in [2.45, 2.75) is 46.1 Å². The maximum atomic E-state index is 17.1. The molecule has 0 spiro atoms. The van der Waals surface area contributed by atoms with Gasteiger partial charge in [-0.25, -0.2) is 9.18 Å². The average Bonchev–Trinajstić information content (AvgIpc) is 3.49. The molecule has 45 heavy (non-hydrogen) atoms. The first kappa shape index (κ1) is 28.7. The van der Waals surface area contributed by atoms with Crippen LogP contribution in [-0.4, -0.2) is 67.8 Å². The largest absolute Gasteiger partial charge is 0.382 e. The van der Waals surface area contributed by atoms with E-state index in [0.717, 1.165) is 27.7 Å². The van der Waals surface area contributed by atoms with Gasteiger partial charge in [0.15, 0.2) is 5.82 Å². The Labute approximate surface area is 259 Å². The number of amides is 1. The summed E-state index contributed by atoms with van der Waals surface area (Å²) >= 11 is 0. The molecule has 1 unspecified atom stereocenters. The number of pyridine rings is 1. The second-order valence-corrected chi connectivity index (χ2v) is 12.2. The molecular weight excluding hydrogens is 571 g/mol. The van der Waals surface area contributed by atoms with E-state index in [-0.39, 0.29) is 17.9 Å². The molecule has 1 saturated heterocycles. The number of halogens is 1. The molecule has 5 heterocycles. The SMILES string of the molecule is C=CC(=O)N1CCN2c3nc(=O)n(-c4c(C)ccnc4C(C)C)c4cc(-c5c(C)ccc6[nH]ncc56)c(F)c(c34)NCCC2C1. The van der Waals surface area contributed by atoms with Crippen LogP contribution < -0.4 is 15.9 Å². The lowest BCUT2D eigenvalue weighted by atomic mass is 9.93. The summed E-state index contributed by atoms with van der Waals surface area (Å²) < 4.78 is 18.7. The molecule has 10 nitrogen and oxygen atoms in total. The summed E-state index contributed by atoms with van der Waals surface area (Å²) in [5.41, 5.74) is 5.38. The molecule has 7 rings (SSSR count). The molecule has 11 heteroatoms. The number of nitrogens with zero attached hydrogens (tertiary/aromatic N) is 6. The van der Waals surface area contributed by atoms with Crippen molar-refractivity contribution in [3.63, 3.8) is 0 Å². The van der Waals surface area contributed by atoms with Crippen molar-refractivity contribution < 1.29 is 9.18 Å². The number of benzene rings is 2. The number of anilines is 2. The van der Waals surface area contributed by atoms with Crippen LogP contribution in [0.4, 0.5) is 15.9 Å². The first-order valence-electron chi connectivity index (χ1n) is 15.3. The molecule has 230 valence electrons. The van der Waals surface area contributed by atoms with Crippen molar-refractivity contribution in [3.8, 4) is 16.8 Å². The molecule has 0 aliphatic carbocycles. The zero-order valence-electron chi connectivity index (χ0n) is 25.8. The number of carbonyl (C=O) groups excluding carboxylic acids is 1. The molecule has 2 aliphatic rings. The maximum Gasteiger partial charge on any atom is 0.354 e. The Hall–Kier alpha value is -5.06. The van der Waals surface area contributed by atoms with Gasteiger partial charge in [-0.15, -0.1) is 0 Å². The number of H-pyrrole nitrogens is 1. The number of piperazine rings is 1. The molecule has 2 N–H and O–H groups in total. The first-order valence-corrected chi connectivity index (χ1v) is 15.3. The highest BCUT2D eigenvalue weighted by Gasteiger charge is 2.35. The van der Waals surface area contributed by atoms with Crippen LogP contribution >= 0.6 is 0 Å². The monoisotopic (exact) mass is 606 g/mol. The molecule has 0 radical (unpaired) electrons. The number of hydrogen-bond donors (Lipinski definition) is 2. The van der Waals surface area contributed by atoms with Crippen LogP contribution in [0.5, 0.6) is 0 Å². The van der Waals surface area contributed by atoms with Gasteiger partial charge in [0.05, 0.1) is 39.7 Å². The van der Waals surface area contributed by atoms with Crippen molar-refractivity contribution in [3.05, 3.63) is 82.4 Å². The van der Waals surface area contributed by atoms with E-state index in [4.69, 9.17) is 0 Å². The van der Waals surface area contributed by atoms with Gasteiger partial charge in [0.2, 0.25) is 5.91 Å². The fourth-order valence-corrected chi connectivity index (χ4v) is 6.96. The quantitative estimate of drug-likeness (QED) is 0.270. The van der Waals surface area contributed by atoms with Crippen LogP contribution in [0.25, 0.3) is 38.6 Å². The molecule has 0 bridgehead atoms. The number of fused-ring (bicyclic) bond motifs is 3. The lowest BCUT2D eigenvalue weighted by molar-refractivity contribution is -0.126. The van der Waals surface area contributed by atoms with Gasteiger partial charge in [-0.1, -0.05) is 26.5 Å². The Kier molecular flexibility index (Phi) is 6.91. The van der Waals surface area contributed by atoms with Gasteiger partial charge in [-0.2, -0.15) is 10.1 Å². The predicted octanol–water partition coefficient (Wildman–Crippen LogP) is 5.22. The fourth-order valence-electron chi connectivity index (χ4n) is 6.96. The minimum Gasteiger partial charge on any atom is -0.382 e. The Morgan fingerprint density at radius 1 is 1.18 bits per heavy atom. The summed E-state index contributed by atoms with van der Waals surface area (Å²) in [6, 6.07) is 7.41. The Bertz CT molecular complexity index is 2080. The molecule has 3 aromatic heterocycles. The summed E-state index contributed by atoms with van der Waals surface area (Å²) in [6.45, 7) is 13.4. The maximum absolute atomic E-state index is 17.1. The third kappa shape index (κ3) is 4.48. The van der Waals surface area contributed by atoms with Crippen molar-refractivity contribution in [1.82, 2.24) is 29.6 Å². The van der Waals surface area contributed by atoms with E-state index >= 15 is 4.39 Å². The molecule has 1 fully saturated rings. The van der Waals surface area contributed by atoms with E-state index in [1.54, 1.807) is 27.9 Å². The van der Waals surface area contributed by atoms with E-state index in [0.29, 0.717) is 71.8 Å². The second kappa shape index (κ2) is 10.8. The van der Waals surface area contributed by atoms with Crippen LogP contribution in [0.1, 0.15) is 43.0 Å². The number of carbonyl (C=O) groups is 1. The third-order valence-electron chi connectivity index (χ3n) is 9.15. The minimum absolute atomic E-state index is 0.0136. The molecule has 2 aromatic carbocycles. The second-order valence-electron chi connectivity index (χ2n) is 12.2. The van der Waals surface area contributed by atoms with E-state index < -0.39 is 11.5 Å². The Morgan fingerprint density at radius 3 is 2.78 bits per heavy atom. The van der Waals surface area contributed by atoms with Crippen LogP contribution in [0.3, 0.4) is 0 Å². The van der Waals surface area contributed by atoms with E-state index in [2.05, 4.69) is 37.0 Å². The number of rotatable bonds is 4. The smallest absolute Gasteiger partial charge is 0.354 e. The predicted molar refractivity (Wildman–Crippen MR) is 175 cm³/mol. The van der Waals surface area contributed by atoms with Gasteiger partial charge in [0, 0.05) is 49.4 Å². The van der Waals surface area contributed by atoms with Gasteiger partial charge in [-0.05, 0) is 67.2 Å². The summed E-state index contributed by atoms with van der Waals surface area (Å²) in [4.78, 5) is 40.1. The highest BCUT2D eigenvalue weighted by atomic mass is 19.1. The first-order chi connectivity index (χ1) is 21.7. The van der Waals surface area contributed by atoms with E-state index in [9.17, 15) is 9.59 Å². The number of aryl methyl sites for hydroxylation is 2. The number of nitrogens with one attached hydrogen (secondary N) is 2. The summed E-state index contributed by atoms with van der Waals surface area (Å²) in [6.07, 6.45) is 5.40. The zero-order valence-corrected chi connectivity index (χ0v) is 25.8. The van der Waals surface area contributed by atoms with Crippen LogP contribution in [0.2, 0.25) is 0 Å². The summed E-state index contributed by atoms with van der Waals surface area (Å²) in [5, 5.41) is 11.9. The molecular formula is C34H35FN8O2.